The van der Waals surface area contributed by atoms with Gasteiger partial charge in [-0.05, 0) is 18.1 Å². The molecule has 0 radical (unpaired) electrons. The Morgan fingerprint density at radius 2 is 2.15 bits per heavy atom. The molecule has 0 unspecified atom stereocenters. The van der Waals surface area contributed by atoms with Gasteiger partial charge in [0.15, 0.2) is 12.4 Å². The van der Waals surface area contributed by atoms with Crippen LogP contribution in [0.25, 0.3) is 0 Å². The number of ether oxygens (including phenoxy) is 1. The molecule has 2 N–H and O–H groups in total. The molecule has 0 aromatic carbocycles. The highest BCUT2D eigenvalue weighted by Gasteiger charge is 2.09. The zero-order valence-electron chi connectivity index (χ0n) is 11.5. The SMILES string of the molecule is CC(C)CNC(=O)COc1cccn(CC(=O)O)c1=O. The number of carboxylic acids is 1. The summed E-state index contributed by atoms with van der Waals surface area (Å²) in [5.74, 6) is -1.18. The van der Waals surface area contributed by atoms with Crippen LogP contribution in [-0.2, 0) is 16.1 Å². The topological polar surface area (TPSA) is 97.6 Å². The van der Waals surface area contributed by atoms with Gasteiger partial charge in [-0.1, -0.05) is 13.8 Å². The molecular weight excluding hydrogens is 264 g/mol. The first-order valence-electron chi connectivity index (χ1n) is 6.21. The Balaban J connectivity index is 2.62. The van der Waals surface area contributed by atoms with Gasteiger partial charge in [0.1, 0.15) is 6.54 Å². The van der Waals surface area contributed by atoms with Gasteiger partial charge in [0.25, 0.3) is 11.5 Å². The Labute approximate surface area is 116 Å². The quantitative estimate of drug-likeness (QED) is 0.738. The number of amides is 1. The van der Waals surface area contributed by atoms with Crippen molar-refractivity contribution in [1.82, 2.24) is 9.88 Å². The van der Waals surface area contributed by atoms with Gasteiger partial charge >= 0.3 is 5.97 Å². The largest absolute Gasteiger partial charge is 0.480 e. The van der Waals surface area contributed by atoms with Crippen LogP contribution < -0.4 is 15.6 Å². The molecule has 0 saturated carbocycles. The summed E-state index contributed by atoms with van der Waals surface area (Å²) in [5, 5.41) is 11.3. The van der Waals surface area contributed by atoms with Gasteiger partial charge in [-0.3, -0.25) is 14.4 Å². The van der Waals surface area contributed by atoms with Crippen molar-refractivity contribution < 1.29 is 19.4 Å². The van der Waals surface area contributed by atoms with Gasteiger partial charge in [-0.2, -0.15) is 0 Å². The molecule has 20 heavy (non-hydrogen) atoms. The van der Waals surface area contributed by atoms with Crippen molar-refractivity contribution in [1.29, 1.82) is 0 Å². The number of carboxylic acid groups (broad SMARTS) is 1. The lowest BCUT2D eigenvalue weighted by Gasteiger charge is -2.09. The van der Waals surface area contributed by atoms with Crippen molar-refractivity contribution in [2.75, 3.05) is 13.2 Å². The average molecular weight is 282 g/mol. The zero-order chi connectivity index (χ0) is 15.1. The predicted molar refractivity (Wildman–Crippen MR) is 71.7 cm³/mol. The third-order valence-electron chi connectivity index (χ3n) is 2.36. The maximum Gasteiger partial charge on any atom is 0.323 e. The first-order valence-corrected chi connectivity index (χ1v) is 6.21. The van der Waals surface area contributed by atoms with Crippen molar-refractivity contribution in [3.05, 3.63) is 28.7 Å². The van der Waals surface area contributed by atoms with E-state index in [0.717, 1.165) is 4.57 Å². The summed E-state index contributed by atoms with van der Waals surface area (Å²) < 4.78 is 6.12. The van der Waals surface area contributed by atoms with E-state index in [-0.39, 0.29) is 18.3 Å². The fourth-order valence-electron chi connectivity index (χ4n) is 1.41. The van der Waals surface area contributed by atoms with E-state index in [4.69, 9.17) is 9.84 Å². The van der Waals surface area contributed by atoms with Gasteiger partial charge in [-0.25, -0.2) is 0 Å². The molecule has 1 aromatic rings. The van der Waals surface area contributed by atoms with Crippen LogP contribution in [0.5, 0.6) is 5.75 Å². The second-order valence-electron chi connectivity index (χ2n) is 4.69. The monoisotopic (exact) mass is 282 g/mol. The molecule has 1 rings (SSSR count). The second-order valence-corrected chi connectivity index (χ2v) is 4.69. The maximum atomic E-state index is 11.8. The van der Waals surface area contributed by atoms with Gasteiger partial charge in [-0.15, -0.1) is 0 Å². The van der Waals surface area contributed by atoms with E-state index in [1.54, 1.807) is 0 Å². The number of nitrogens with zero attached hydrogens (tertiary/aromatic N) is 1. The Morgan fingerprint density at radius 3 is 2.75 bits per heavy atom. The minimum Gasteiger partial charge on any atom is -0.480 e. The summed E-state index contributed by atoms with van der Waals surface area (Å²) in [6, 6.07) is 2.89. The van der Waals surface area contributed by atoms with E-state index in [1.807, 2.05) is 13.8 Å². The van der Waals surface area contributed by atoms with Crippen molar-refractivity contribution in [3.63, 3.8) is 0 Å². The Hall–Kier alpha value is -2.31. The third-order valence-corrected chi connectivity index (χ3v) is 2.36. The van der Waals surface area contributed by atoms with Crippen molar-refractivity contribution in [2.45, 2.75) is 20.4 Å². The van der Waals surface area contributed by atoms with Gasteiger partial charge in [0.2, 0.25) is 0 Å². The van der Waals surface area contributed by atoms with Crippen LogP contribution >= 0.6 is 0 Å². The predicted octanol–water partition coefficient (Wildman–Crippen LogP) is 0.0839. The van der Waals surface area contributed by atoms with Gasteiger partial charge < -0.3 is 19.7 Å². The maximum absolute atomic E-state index is 11.8. The molecular formula is C13H18N2O5. The molecule has 0 bridgehead atoms. The molecule has 0 saturated heterocycles. The molecule has 7 heteroatoms. The number of rotatable bonds is 7. The fraction of sp³-hybridized carbons (Fsp3) is 0.462. The minimum atomic E-state index is -1.13. The zero-order valence-corrected chi connectivity index (χ0v) is 11.5. The summed E-state index contributed by atoms with van der Waals surface area (Å²) >= 11 is 0. The first-order chi connectivity index (χ1) is 9.40. The lowest BCUT2D eigenvalue weighted by atomic mass is 10.2. The number of aliphatic carboxylic acids is 1. The highest BCUT2D eigenvalue weighted by Crippen LogP contribution is 2.01. The van der Waals surface area contributed by atoms with E-state index < -0.39 is 18.1 Å². The van der Waals surface area contributed by atoms with Crippen LogP contribution in [0.3, 0.4) is 0 Å². The van der Waals surface area contributed by atoms with Crippen LogP contribution in [0, 0.1) is 5.92 Å². The number of pyridine rings is 1. The van der Waals surface area contributed by atoms with E-state index in [9.17, 15) is 14.4 Å². The van der Waals surface area contributed by atoms with Crippen molar-refractivity contribution in [2.24, 2.45) is 5.92 Å². The smallest absolute Gasteiger partial charge is 0.323 e. The first kappa shape index (κ1) is 15.7. The lowest BCUT2D eigenvalue weighted by molar-refractivity contribution is -0.137. The molecule has 0 fully saturated rings. The highest BCUT2D eigenvalue weighted by molar-refractivity contribution is 5.77. The molecule has 110 valence electrons. The summed E-state index contributed by atoms with van der Waals surface area (Å²) in [5.41, 5.74) is -0.577. The number of carbonyl (C=O) groups excluding carboxylic acids is 1. The van der Waals surface area contributed by atoms with E-state index in [0.29, 0.717) is 12.5 Å². The van der Waals surface area contributed by atoms with E-state index in [1.165, 1.54) is 18.3 Å². The minimum absolute atomic E-state index is 0.0477. The lowest BCUT2D eigenvalue weighted by Crippen LogP contribution is -2.33. The van der Waals surface area contributed by atoms with Gasteiger partial charge in [0, 0.05) is 12.7 Å². The Bertz CT molecular complexity index is 536. The molecule has 0 atom stereocenters. The Kier molecular flexibility index (Phi) is 5.76. The average Bonchev–Trinajstić information content (AvgIpc) is 2.37. The molecule has 1 amide bonds. The standard InChI is InChI=1S/C13H18N2O5/c1-9(2)6-14-11(16)8-20-10-4-3-5-15(13(10)19)7-12(17)18/h3-5,9H,6-8H2,1-2H3,(H,14,16)(H,17,18). The molecule has 1 heterocycles. The molecule has 0 aliphatic carbocycles. The molecule has 0 aliphatic rings. The van der Waals surface area contributed by atoms with Crippen LogP contribution in [-0.4, -0.2) is 34.7 Å². The van der Waals surface area contributed by atoms with Crippen LogP contribution in [0.4, 0.5) is 0 Å². The molecule has 0 aliphatic heterocycles. The van der Waals surface area contributed by atoms with Crippen molar-refractivity contribution in [3.8, 4) is 5.75 Å². The van der Waals surface area contributed by atoms with Gasteiger partial charge in [0.05, 0.1) is 0 Å². The van der Waals surface area contributed by atoms with Crippen molar-refractivity contribution >= 4 is 11.9 Å². The molecule has 0 spiro atoms. The number of hydrogen-bond donors (Lipinski definition) is 2. The number of nitrogens with one attached hydrogen (secondary N) is 1. The number of carbonyl (C=O) groups is 2. The number of hydrogen-bond acceptors (Lipinski definition) is 4. The summed E-state index contributed by atoms with van der Waals surface area (Å²) in [4.78, 5) is 33.9. The van der Waals surface area contributed by atoms with E-state index >= 15 is 0 Å². The summed E-state index contributed by atoms with van der Waals surface area (Å²) in [6.45, 7) is 3.72. The summed E-state index contributed by atoms with van der Waals surface area (Å²) in [6.07, 6.45) is 1.35. The van der Waals surface area contributed by atoms with Crippen LogP contribution in [0.2, 0.25) is 0 Å². The second kappa shape index (κ2) is 7.32. The summed E-state index contributed by atoms with van der Waals surface area (Å²) in [7, 11) is 0. The highest BCUT2D eigenvalue weighted by atomic mass is 16.5. The van der Waals surface area contributed by atoms with Crippen LogP contribution in [0.1, 0.15) is 13.8 Å². The normalized spacial score (nSPS) is 10.3. The van der Waals surface area contributed by atoms with Crippen LogP contribution in [0.15, 0.2) is 23.1 Å². The molecule has 1 aromatic heterocycles. The molecule has 7 nitrogen and oxygen atoms in total. The fourth-order valence-corrected chi connectivity index (χ4v) is 1.41. The van der Waals surface area contributed by atoms with E-state index in [2.05, 4.69) is 5.32 Å². The number of aromatic nitrogens is 1. The Morgan fingerprint density at radius 1 is 1.45 bits per heavy atom. The third kappa shape index (κ3) is 5.13.